The van der Waals surface area contributed by atoms with Crippen LogP contribution in [0.4, 0.5) is 0 Å². The molecule has 1 aromatic heterocycles. The zero-order chi connectivity index (χ0) is 14.2. The predicted molar refractivity (Wildman–Crippen MR) is 74.8 cm³/mol. The van der Waals surface area contributed by atoms with E-state index < -0.39 is 0 Å². The minimum absolute atomic E-state index is 0.0193. The fourth-order valence-corrected chi connectivity index (χ4v) is 2.58. The van der Waals surface area contributed by atoms with Gasteiger partial charge in [0.1, 0.15) is 12.4 Å². The van der Waals surface area contributed by atoms with Gasteiger partial charge >= 0.3 is 6.01 Å². The third-order valence-electron chi connectivity index (χ3n) is 4.44. The van der Waals surface area contributed by atoms with Crippen LogP contribution in [-0.4, -0.2) is 32.1 Å². The van der Waals surface area contributed by atoms with Crippen LogP contribution in [0, 0.1) is 5.41 Å². The molecule has 1 heterocycles. The first-order chi connectivity index (χ1) is 9.63. The fourth-order valence-electron chi connectivity index (χ4n) is 2.58. The summed E-state index contributed by atoms with van der Waals surface area (Å²) in [4.78, 5) is 4.19. The Balaban J connectivity index is 1.73. The highest BCUT2D eigenvalue weighted by molar-refractivity contribution is 5.29. The number of hydrogen-bond donors (Lipinski definition) is 1. The van der Waals surface area contributed by atoms with E-state index in [0.29, 0.717) is 12.4 Å². The lowest BCUT2D eigenvalue weighted by molar-refractivity contribution is -0.149. The van der Waals surface area contributed by atoms with Crippen LogP contribution in [-0.2, 0) is 0 Å². The van der Waals surface area contributed by atoms with Crippen molar-refractivity contribution in [2.45, 2.75) is 38.9 Å². The topological polar surface area (TPSA) is 60.2 Å². The molecule has 2 aromatic rings. The lowest BCUT2D eigenvalue weighted by atomic mass is 9.63. The first-order valence-corrected chi connectivity index (χ1v) is 6.95. The van der Waals surface area contributed by atoms with Gasteiger partial charge in [0.2, 0.25) is 0 Å². The van der Waals surface area contributed by atoms with E-state index in [9.17, 15) is 5.11 Å². The van der Waals surface area contributed by atoms with Crippen molar-refractivity contribution in [1.82, 2.24) is 14.8 Å². The summed E-state index contributed by atoms with van der Waals surface area (Å²) in [5, 5.41) is 14.2. The molecule has 3 rings (SSSR count). The van der Waals surface area contributed by atoms with E-state index in [1.807, 2.05) is 37.3 Å². The van der Waals surface area contributed by atoms with Gasteiger partial charge < -0.3 is 9.84 Å². The molecule has 0 radical (unpaired) electrons. The van der Waals surface area contributed by atoms with Crippen LogP contribution in [0.2, 0.25) is 0 Å². The van der Waals surface area contributed by atoms with Crippen LogP contribution in [0.15, 0.2) is 36.7 Å². The minimum Gasteiger partial charge on any atom is -0.458 e. The Labute approximate surface area is 118 Å². The molecular weight excluding hydrogens is 254 g/mol. The van der Waals surface area contributed by atoms with Gasteiger partial charge in [-0.15, -0.1) is 5.10 Å². The molecule has 0 spiro atoms. The second-order valence-electron chi connectivity index (χ2n) is 5.52. The molecule has 0 amide bonds. The highest BCUT2D eigenvalue weighted by Gasteiger charge is 2.51. The van der Waals surface area contributed by atoms with Gasteiger partial charge in [-0.3, -0.25) is 0 Å². The number of aliphatic hydroxyl groups is 1. The van der Waals surface area contributed by atoms with Crippen LogP contribution in [0.25, 0.3) is 5.69 Å². The minimum atomic E-state index is -0.297. The summed E-state index contributed by atoms with van der Waals surface area (Å²) in [6, 6.07) is 10.1. The van der Waals surface area contributed by atoms with Crippen molar-refractivity contribution >= 4 is 0 Å². The first-order valence-electron chi connectivity index (χ1n) is 6.95. The van der Waals surface area contributed by atoms with E-state index in [4.69, 9.17) is 4.74 Å². The van der Waals surface area contributed by atoms with E-state index in [2.05, 4.69) is 17.0 Å². The van der Waals surface area contributed by atoms with Crippen molar-refractivity contribution in [2.75, 3.05) is 0 Å². The molecule has 5 heteroatoms. The summed E-state index contributed by atoms with van der Waals surface area (Å²) >= 11 is 0. The van der Waals surface area contributed by atoms with Crippen molar-refractivity contribution in [3.8, 4) is 11.7 Å². The molecule has 1 aliphatic rings. The van der Waals surface area contributed by atoms with Crippen molar-refractivity contribution in [1.29, 1.82) is 0 Å². The SMILES string of the molecule is CCC1(C)C(O)CC1Oc1ncn(-c2ccccc2)n1. The normalized spacial score (nSPS) is 28.9. The molecule has 1 fully saturated rings. The van der Waals surface area contributed by atoms with Crippen molar-refractivity contribution < 1.29 is 9.84 Å². The van der Waals surface area contributed by atoms with E-state index in [1.54, 1.807) is 11.0 Å². The van der Waals surface area contributed by atoms with Crippen molar-refractivity contribution in [3.63, 3.8) is 0 Å². The van der Waals surface area contributed by atoms with E-state index >= 15 is 0 Å². The number of aliphatic hydroxyl groups excluding tert-OH is 1. The van der Waals surface area contributed by atoms with E-state index in [-0.39, 0.29) is 17.6 Å². The Morgan fingerprint density at radius 3 is 2.80 bits per heavy atom. The highest BCUT2D eigenvalue weighted by Crippen LogP contribution is 2.45. The number of nitrogens with zero attached hydrogens (tertiary/aromatic N) is 3. The number of para-hydroxylation sites is 1. The molecule has 1 aromatic carbocycles. The quantitative estimate of drug-likeness (QED) is 0.927. The average molecular weight is 273 g/mol. The monoisotopic (exact) mass is 273 g/mol. The Hall–Kier alpha value is -1.88. The lowest BCUT2D eigenvalue weighted by Gasteiger charge is -2.49. The van der Waals surface area contributed by atoms with E-state index in [1.165, 1.54) is 0 Å². The summed E-state index contributed by atoms with van der Waals surface area (Å²) in [5.74, 6) is 0. The summed E-state index contributed by atoms with van der Waals surface area (Å²) in [6.45, 7) is 4.11. The first kappa shape index (κ1) is 13.1. The zero-order valence-corrected chi connectivity index (χ0v) is 11.7. The molecule has 3 atom stereocenters. The van der Waals surface area contributed by atoms with Gasteiger partial charge in [-0.05, 0) is 18.6 Å². The van der Waals surface area contributed by atoms with Crippen molar-refractivity contribution in [2.24, 2.45) is 5.41 Å². The molecule has 0 bridgehead atoms. The van der Waals surface area contributed by atoms with Crippen LogP contribution >= 0.6 is 0 Å². The van der Waals surface area contributed by atoms with Gasteiger partial charge in [0.05, 0.1) is 11.8 Å². The zero-order valence-electron chi connectivity index (χ0n) is 11.7. The maximum absolute atomic E-state index is 9.87. The Morgan fingerprint density at radius 1 is 1.40 bits per heavy atom. The van der Waals surface area contributed by atoms with Gasteiger partial charge in [-0.2, -0.15) is 4.98 Å². The maximum Gasteiger partial charge on any atom is 0.336 e. The highest BCUT2D eigenvalue weighted by atomic mass is 16.5. The van der Waals surface area contributed by atoms with Gasteiger partial charge in [0.15, 0.2) is 0 Å². The van der Waals surface area contributed by atoms with Crippen LogP contribution in [0.5, 0.6) is 6.01 Å². The largest absolute Gasteiger partial charge is 0.458 e. The van der Waals surface area contributed by atoms with Crippen LogP contribution in [0.3, 0.4) is 0 Å². The standard InChI is InChI=1S/C15H19N3O2/c1-3-15(2)12(19)9-13(15)20-14-16-10-18(17-14)11-7-5-4-6-8-11/h4-8,10,12-13,19H,3,9H2,1-2H3. The summed E-state index contributed by atoms with van der Waals surface area (Å²) in [6.07, 6.45) is 2.84. The Kier molecular flexibility index (Phi) is 3.22. The summed E-state index contributed by atoms with van der Waals surface area (Å²) in [5.41, 5.74) is 0.750. The van der Waals surface area contributed by atoms with Crippen LogP contribution < -0.4 is 4.74 Å². The summed E-state index contributed by atoms with van der Waals surface area (Å²) < 4.78 is 7.51. The number of ether oxygens (including phenoxy) is 1. The second kappa shape index (κ2) is 4.90. The molecule has 1 saturated carbocycles. The molecule has 5 nitrogen and oxygen atoms in total. The fraction of sp³-hybridized carbons (Fsp3) is 0.467. The molecular formula is C15H19N3O2. The Bertz CT molecular complexity index is 584. The molecule has 0 aliphatic heterocycles. The molecule has 1 N–H and O–H groups in total. The van der Waals surface area contributed by atoms with Crippen LogP contribution in [0.1, 0.15) is 26.7 Å². The molecule has 1 aliphatic carbocycles. The molecule has 0 saturated heterocycles. The van der Waals surface area contributed by atoms with E-state index in [0.717, 1.165) is 12.1 Å². The third kappa shape index (κ3) is 2.08. The number of hydrogen-bond acceptors (Lipinski definition) is 4. The smallest absolute Gasteiger partial charge is 0.336 e. The van der Waals surface area contributed by atoms with Gasteiger partial charge in [-0.25, -0.2) is 4.68 Å². The maximum atomic E-state index is 9.87. The second-order valence-corrected chi connectivity index (χ2v) is 5.52. The van der Waals surface area contributed by atoms with Gasteiger partial charge in [0.25, 0.3) is 0 Å². The average Bonchev–Trinajstić information content (AvgIpc) is 2.95. The molecule has 106 valence electrons. The number of rotatable bonds is 4. The van der Waals surface area contributed by atoms with Crippen molar-refractivity contribution in [3.05, 3.63) is 36.7 Å². The number of aromatic nitrogens is 3. The Morgan fingerprint density at radius 2 is 2.15 bits per heavy atom. The van der Waals surface area contributed by atoms with Gasteiger partial charge in [0, 0.05) is 11.8 Å². The molecule has 20 heavy (non-hydrogen) atoms. The third-order valence-corrected chi connectivity index (χ3v) is 4.44. The summed E-state index contributed by atoms with van der Waals surface area (Å²) in [7, 11) is 0. The predicted octanol–water partition coefficient (Wildman–Crippen LogP) is 2.20. The molecule has 3 unspecified atom stereocenters. The van der Waals surface area contributed by atoms with Gasteiger partial charge in [-0.1, -0.05) is 32.0 Å². The number of benzene rings is 1. The lowest BCUT2D eigenvalue weighted by Crippen LogP contribution is -2.57.